The van der Waals surface area contributed by atoms with Gasteiger partial charge in [0.2, 0.25) is 0 Å². The van der Waals surface area contributed by atoms with Gasteiger partial charge in [0.1, 0.15) is 0 Å². The van der Waals surface area contributed by atoms with Crippen molar-refractivity contribution in [1.29, 1.82) is 0 Å². The van der Waals surface area contributed by atoms with Crippen LogP contribution in [0.3, 0.4) is 0 Å². The Morgan fingerprint density at radius 1 is 1.41 bits per heavy atom. The average molecular weight is 236 g/mol. The first-order valence-electron chi connectivity index (χ1n) is 5.78. The topological polar surface area (TPSA) is 75.3 Å². The summed E-state index contributed by atoms with van der Waals surface area (Å²) in [6.45, 7) is 7.37. The molecule has 0 saturated carbocycles. The van der Waals surface area contributed by atoms with Crippen molar-refractivity contribution < 1.29 is 9.90 Å². The van der Waals surface area contributed by atoms with Crippen molar-refractivity contribution in [3.8, 4) is 0 Å². The summed E-state index contributed by atoms with van der Waals surface area (Å²) in [5.41, 5.74) is 6.97. The van der Waals surface area contributed by atoms with Crippen molar-refractivity contribution in [2.75, 3.05) is 17.6 Å². The third kappa shape index (κ3) is 3.66. The van der Waals surface area contributed by atoms with Crippen LogP contribution in [0.25, 0.3) is 0 Å². The van der Waals surface area contributed by atoms with E-state index in [-0.39, 0.29) is 5.56 Å². The van der Waals surface area contributed by atoms with Gasteiger partial charge < -0.3 is 16.2 Å². The molecule has 0 saturated heterocycles. The highest BCUT2D eigenvalue weighted by Crippen LogP contribution is 2.19. The highest BCUT2D eigenvalue weighted by Gasteiger charge is 2.09. The highest BCUT2D eigenvalue weighted by molar-refractivity contribution is 5.94. The lowest BCUT2D eigenvalue weighted by atomic mass is 9.98. The Balaban J connectivity index is 2.68. The summed E-state index contributed by atoms with van der Waals surface area (Å²) in [5, 5.41) is 12.1. The molecule has 17 heavy (non-hydrogen) atoms. The van der Waals surface area contributed by atoms with Crippen LogP contribution in [0.4, 0.5) is 11.4 Å². The fraction of sp³-hybridized carbons (Fsp3) is 0.462. The summed E-state index contributed by atoms with van der Waals surface area (Å²) in [7, 11) is 0. The first-order valence-corrected chi connectivity index (χ1v) is 5.78. The van der Waals surface area contributed by atoms with Gasteiger partial charge in [-0.2, -0.15) is 0 Å². The van der Waals surface area contributed by atoms with Crippen LogP contribution in [0.5, 0.6) is 0 Å². The van der Waals surface area contributed by atoms with E-state index in [0.717, 1.165) is 12.2 Å². The number of carbonyl (C=O) groups is 1. The molecule has 1 rings (SSSR count). The second kappa shape index (κ2) is 5.57. The Hall–Kier alpha value is -1.71. The highest BCUT2D eigenvalue weighted by atomic mass is 16.4. The Morgan fingerprint density at radius 3 is 2.53 bits per heavy atom. The lowest BCUT2D eigenvalue weighted by Gasteiger charge is -2.17. The second-order valence-corrected chi connectivity index (χ2v) is 4.71. The van der Waals surface area contributed by atoms with E-state index < -0.39 is 5.97 Å². The maximum Gasteiger partial charge on any atom is 0.337 e. The molecule has 1 aromatic carbocycles. The zero-order valence-electron chi connectivity index (χ0n) is 10.5. The molecule has 0 amide bonds. The summed E-state index contributed by atoms with van der Waals surface area (Å²) >= 11 is 0. The number of aromatic carboxylic acids is 1. The molecule has 94 valence electrons. The van der Waals surface area contributed by atoms with Gasteiger partial charge in [0.05, 0.1) is 5.56 Å². The van der Waals surface area contributed by atoms with Crippen molar-refractivity contribution in [1.82, 2.24) is 0 Å². The summed E-state index contributed by atoms with van der Waals surface area (Å²) in [6, 6.07) is 4.93. The van der Waals surface area contributed by atoms with Crippen LogP contribution in [0, 0.1) is 11.8 Å². The molecule has 4 N–H and O–H groups in total. The van der Waals surface area contributed by atoms with Crippen LogP contribution in [-0.4, -0.2) is 17.6 Å². The third-order valence-electron chi connectivity index (χ3n) is 3.05. The van der Waals surface area contributed by atoms with Gasteiger partial charge in [0, 0.05) is 17.9 Å². The van der Waals surface area contributed by atoms with Crippen LogP contribution in [-0.2, 0) is 0 Å². The number of hydrogen-bond acceptors (Lipinski definition) is 3. The largest absolute Gasteiger partial charge is 0.478 e. The summed E-state index contributed by atoms with van der Waals surface area (Å²) in [6.07, 6.45) is 0. The first-order chi connectivity index (χ1) is 7.91. The van der Waals surface area contributed by atoms with Gasteiger partial charge in [-0.1, -0.05) is 20.8 Å². The minimum absolute atomic E-state index is 0.146. The van der Waals surface area contributed by atoms with Gasteiger partial charge in [-0.05, 0) is 30.0 Å². The number of nitrogens with two attached hydrogens (primary N) is 1. The van der Waals surface area contributed by atoms with Gasteiger partial charge >= 0.3 is 5.97 Å². The third-order valence-corrected chi connectivity index (χ3v) is 3.05. The standard InChI is InChI=1S/C13H20N2O2/c1-8(2)9(3)7-15-10-4-5-11(13(16)17)12(14)6-10/h4-6,8-9,15H,7,14H2,1-3H3,(H,16,17). The van der Waals surface area contributed by atoms with Gasteiger partial charge in [-0.15, -0.1) is 0 Å². The maximum atomic E-state index is 10.8. The molecule has 4 heteroatoms. The molecule has 0 aromatic heterocycles. The van der Waals surface area contributed by atoms with Gasteiger partial charge in [0.25, 0.3) is 0 Å². The predicted octanol–water partition coefficient (Wildman–Crippen LogP) is 2.67. The van der Waals surface area contributed by atoms with E-state index in [1.807, 2.05) is 0 Å². The van der Waals surface area contributed by atoms with E-state index in [9.17, 15) is 4.79 Å². The molecule has 0 aliphatic carbocycles. The molecule has 0 aliphatic heterocycles. The first kappa shape index (κ1) is 13.4. The number of carboxylic acids is 1. The van der Waals surface area contributed by atoms with E-state index in [4.69, 9.17) is 10.8 Å². The molecule has 0 radical (unpaired) electrons. The van der Waals surface area contributed by atoms with Crippen molar-refractivity contribution in [3.05, 3.63) is 23.8 Å². The van der Waals surface area contributed by atoms with Crippen molar-refractivity contribution >= 4 is 17.3 Å². The van der Waals surface area contributed by atoms with Gasteiger partial charge in [-0.25, -0.2) is 4.79 Å². The molecule has 0 fully saturated rings. The number of benzene rings is 1. The SMILES string of the molecule is CC(C)C(C)CNc1ccc(C(=O)O)c(N)c1. The number of hydrogen-bond donors (Lipinski definition) is 3. The number of nitrogens with one attached hydrogen (secondary N) is 1. The maximum absolute atomic E-state index is 10.8. The van der Waals surface area contributed by atoms with Crippen molar-refractivity contribution in [2.45, 2.75) is 20.8 Å². The fourth-order valence-corrected chi connectivity index (χ4v) is 1.38. The zero-order chi connectivity index (χ0) is 13.0. The average Bonchev–Trinajstić information content (AvgIpc) is 2.25. The van der Waals surface area contributed by atoms with Crippen LogP contribution in [0.15, 0.2) is 18.2 Å². The Bertz CT molecular complexity index is 402. The molecule has 0 bridgehead atoms. The van der Waals surface area contributed by atoms with E-state index >= 15 is 0 Å². The summed E-state index contributed by atoms with van der Waals surface area (Å²) < 4.78 is 0. The smallest absolute Gasteiger partial charge is 0.337 e. The molecule has 1 unspecified atom stereocenters. The molecular formula is C13H20N2O2. The van der Waals surface area contributed by atoms with Crippen molar-refractivity contribution in [3.63, 3.8) is 0 Å². The minimum atomic E-state index is -0.996. The van der Waals surface area contributed by atoms with Gasteiger partial charge in [0.15, 0.2) is 0 Å². The second-order valence-electron chi connectivity index (χ2n) is 4.71. The van der Waals surface area contributed by atoms with E-state index in [1.54, 1.807) is 12.1 Å². The molecular weight excluding hydrogens is 216 g/mol. The number of carboxylic acid groups (broad SMARTS) is 1. The van der Waals surface area contributed by atoms with Crippen LogP contribution in [0.1, 0.15) is 31.1 Å². The molecule has 1 atom stereocenters. The summed E-state index contributed by atoms with van der Waals surface area (Å²) in [4.78, 5) is 10.8. The quantitative estimate of drug-likeness (QED) is 0.687. The van der Waals surface area contributed by atoms with Crippen LogP contribution in [0.2, 0.25) is 0 Å². The minimum Gasteiger partial charge on any atom is -0.478 e. The molecule has 1 aromatic rings. The zero-order valence-corrected chi connectivity index (χ0v) is 10.5. The molecule has 0 aliphatic rings. The van der Waals surface area contributed by atoms with Crippen molar-refractivity contribution in [2.24, 2.45) is 11.8 Å². The lowest BCUT2D eigenvalue weighted by Crippen LogP contribution is -2.16. The normalized spacial score (nSPS) is 12.5. The van der Waals surface area contributed by atoms with E-state index in [2.05, 4.69) is 26.1 Å². The lowest BCUT2D eigenvalue weighted by molar-refractivity contribution is 0.0698. The Morgan fingerprint density at radius 2 is 2.06 bits per heavy atom. The van der Waals surface area contributed by atoms with Crippen LogP contribution >= 0.6 is 0 Å². The molecule has 0 heterocycles. The fourth-order valence-electron chi connectivity index (χ4n) is 1.38. The van der Waals surface area contributed by atoms with E-state index in [0.29, 0.717) is 17.5 Å². The molecule has 0 spiro atoms. The van der Waals surface area contributed by atoms with Gasteiger partial charge in [-0.3, -0.25) is 0 Å². The predicted molar refractivity (Wildman–Crippen MR) is 70.3 cm³/mol. The van der Waals surface area contributed by atoms with E-state index in [1.165, 1.54) is 6.07 Å². The Kier molecular flexibility index (Phi) is 4.37. The number of nitrogen functional groups attached to an aromatic ring is 1. The monoisotopic (exact) mass is 236 g/mol. The molecule has 4 nitrogen and oxygen atoms in total. The van der Waals surface area contributed by atoms with Crippen LogP contribution < -0.4 is 11.1 Å². The number of anilines is 2. The summed E-state index contributed by atoms with van der Waals surface area (Å²) in [5.74, 6) is 0.165. The Labute approximate surface area is 102 Å². The number of rotatable bonds is 5.